The van der Waals surface area contributed by atoms with Gasteiger partial charge in [-0.25, -0.2) is 4.98 Å². The van der Waals surface area contributed by atoms with Crippen LogP contribution in [0.5, 0.6) is 0 Å². The minimum atomic E-state index is -0.179. The van der Waals surface area contributed by atoms with Crippen molar-refractivity contribution in [2.45, 2.75) is 18.8 Å². The molecule has 0 amide bonds. The van der Waals surface area contributed by atoms with Crippen LogP contribution in [-0.2, 0) is 5.88 Å². The number of halogens is 1. The van der Waals surface area contributed by atoms with Crippen molar-refractivity contribution in [2.75, 3.05) is 0 Å². The number of alkyl halides is 1. The number of nitrogens with one attached hydrogen (secondary N) is 1. The summed E-state index contributed by atoms with van der Waals surface area (Å²) in [4.78, 5) is 4.28. The van der Waals surface area contributed by atoms with Crippen molar-refractivity contribution in [1.82, 2.24) is 9.55 Å². The van der Waals surface area contributed by atoms with Crippen LogP contribution < -0.4 is 5.06 Å². The molecule has 0 saturated carbocycles. The number of rotatable bonds is 1. The van der Waals surface area contributed by atoms with Crippen LogP contribution in [0.15, 0.2) is 30.6 Å². The Labute approximate surface area is 104 Å². The van der Waals surface area contributed by atoms with E-state index < -0.39 is 0 Å². The molecule has 2 heterocycles. The summed E-state index contributed by atoms with van der Waals surface area (Å²) < 4.78 is 1.97. The van der Waals surface area contributed by atoms with Crippen molar-refractivity contribution < 1.29 is 5.06 Å². The van der Waals surface area contributed by atoms with E-state index in [4.69, 9.17) is 11.6 Å². The van der Waals surface area contributed by atoms with Crippen LogP contribution in [0, 0.1) is 5.21 Å². The van der Waals surface area contributed by atoms with E-state index in [9.17, 15) is 5.21 Å². The molecule has 1 aromatic heterocycles. The molecule has 0 spiro atoms. The first-order valence-corrected chi connectivity index (χ1v) is 6.03. The largest absolute Gasteiger partial charge is 0.628 e. The van der Waals surface area contributed by atoms with Crippen LogP contribution in [-0.4, -0.2) is 9.55 Å². The molecule has 17 heavy (non-hydrogen) atoms. The first-order chi connectivity index (χ1) is 8.24. The molecule has 0 fully saturated rings. The second-order valence-corrected chi connectivity index (χ2v) is 4.45. The average Bonchev–Trinajstić information content (AvgIpc) is 2.80. The summed E-state index contributed by atoms with van der Waals surface area (Å²) in [6.07, 6.45) is 1.74. The van der Waals surface area contributed by atoms with Gasteiger partial charge in [-0.15, -0.1) is 11.6 Å². The maximum Gasteiger partial charge on any atom is 0.156 e. The number of nitrogens with zero attached hydrogens (tertiary/aromatic N) is 2. The normalized spacial score (nSPS) is 22.1. The van der Waals surface area contributed by atoms with Gasteiger partial charge in [-0.3, -0.25) is 4.57 Å². The Kier molecular flexibility index (Phi) is 2.43. The third-order valence-electron chi connectivity index (χ3n) is 3.24. The van der Waals surface area contributed by atoms with E-state index in [1.54, 1.807) is 6.33 Å². The number of benzene rings is 1. The fraction of sp³-hybridized carbons (Fsp3) is 0.250. The van der Waals surface area contributed by atoms with Crippen molar-refractivity contribution in [3.8, 4) is 5.69 Å². The van der Waals surface area contributed by atoms with Gasteiger partial charge < -0.3 is 10.3 Å². The Morgan fingerprint density at radius 2 is 2.24 bits per heavy atom. The quantitative estimate of drug-likeness (QED) is 0.618. The maximum atomic E-state index is 12.3. The van der Waals surface area contributed by atoms with Gasteiger partial charge in [-0.1, -0.05) is 12.1 Å². The van der Waals surface area contributed by atoms with Crippen LogP contribution in [0.25, 0.3) is 5.69 Å². The zero-order valence-electron chi connectivity index (χ0n) is 9.35. The third-order valence-corrected chi connectivity index (χ3v) is 3.50. The molecule has 0 radical (unpaired) electrons. The molecule has 1 N–H and O–H groups in total. The summed E-state index contributed by atoms with van der Waals surface area (Å²) in [6.45, 7) is 1.90. The Bertz CT molecular complexity index is 567. The predicted octanol–water partition coefficient (Wildman–Crippen LogP) is 1.70. The van der Waals surface area contributed by atoms with E-state index in [-0.39, 0.29) is 11.1 Å². The highest BCUT2D eigenvalue weighted by molar-refractivity contribution is 6.17. The lowest BCUT2D eigenvalue weighted by atomic mass is 10.1. The van der Waals surface area contributed by atoms with E-state index >= 15 is 0 Å². The lowest BCUT2D eigenvalue weighted by molar-refractivity contribution is -0.813. The van der Waals surface area contributed by atoms with Crippen molar-refractivity contribution in [3.05, 3.63) is 47.2 Å². The molecule has 0 aliphatic carbocycles. The fourth-order valence-corrected chi connectivity index (χ4v) is 2.60. The van der Waals surface area contributed by atoms with Crippen molar-refractivity contribution in [3.63, 3.8) is 0 Å². The Morgan fingerprint density at radius 1 is 1.47 bits per heavy atom. The smallest absolute Gasteiger partial charge is 0.156 e. The number of aromatic nitrogens is 2. The standard InChI is InChI=1S/C12H12ClN3O/c1-8-12-9(6-13)14-7-15(12)10-4-2-3-5-11(10)16(8)17/h2-5,7-8,16H,6H2,1H3. The van der Waals surface area contributed by atoms with Gasteiger partial charge in [0.2, 0.25) is 0 Å². The zero-order valence-corrected chi connectivity index (χ0v) is 10.1. The van der Waals surface area contributed by atoms with Crippen molar-refractivity contribution >= 4 is 17.3 Å². The number of imidazole rings is 1. The summed E-state index contributed by atoms with van der Waals surface area (Å²) in [5.74, 6) is 0.335. The zero-order chi connectivity index (χ0) is 12.0. The topological polar surface area (TPSA) is 45.3 Å². The summed E-state index contributed by atoms with van der Waals surface area (Å²) >= 11 is 5.86. The van der Waals surface area contributed by atoms with E-state index in [0.29, 0.717) is 5.88 Å². The molecule has 88 valence electrons. The van der Waals surface area contributed by atoms with Gasteiger partial charge in [0.25, 0.3) is 0 Å². The van der Waals surface area contributed by atoms with Gasteiger partial charge in [0.05, 0.1) is 11.6 Å². The van der Waals surface area contributed by atoms with Gasteiger partial charge in [0.1, 0.15) is 23.8 Å². The highest BCUT2D eigenvalue weighted by Gasteiger charge is 2.30. The summed E-state index contributed by atoms with van der Waals surface area (Å²) in [6, 6.07) is 7.42. The molecule has 1 aliphatic heterocycles. The lowest BCUT2D eigenvalue weighted by Gasteiger charge is -2.35. The van der Waals surface area contributed by atoms with Crippen LogP contribution in [0.4, 0.5) is 5.69 Å². The average molecular weight is 250 g/mol. The van der Waals surface area contributed by atoms with E-state index in [1.807, 2.05) is 35.8 Å². The minimum absolute atomic E-state index is 0.139. The van der Waals surface area contributed by atoms with E-state index in [2.05, 4.69) is 4.98 Å². The van der Waals surface area contributed by atoms with Gasteiger partial charge in [0.15, 0.2) is 5.69 Å². The molecule has 1 aromatic carbocycles. The Balaban J connectivity index is 2.29. The maximum absolute atomic E-state index is 12.3. The first-order valence-electron chi connectivity index (χ1n) is 5.49. The Morgan fingerprint density at radius 3 is 3.00 bits per heavy atom. The first kappa shape index (κ1) is 10.8. The number of fused-ring (bicyclic) bond motifs is 3. The fourth-order valence-electron chi connectivity index (χ4n) is 2.40. The molecular weight excluding hydrogens is 238 g/mol. The second-order valence-electron chi connectivity index (χ2n) is 4.18. The number of hydrogen-bond donors (Lipinski definition) is 1. The van der Waals surface area contributed by atoms with E-state index in [1.165, 1.54) is 0 Å². The summed E-state index contributed by atoms with van der Waals surface area (Å²) in [7, 11) is 0. The van der Waals surface area contributed by atoms with E-state index in [0.717, 1.165) is 22.8 Å². The Hall–Kier alpha value is -1.36. The predicted molar refractivity (Wildman–Crippen MR) is 65.5 cm³/mol. The molecule has 3 rings (SSSR count). The molecule has 0 saturated heterocycles. The van der Waals surface area contributed by atoms with Crippen LogP contribution in [0.2, 0.25) is 0 Å². The highest BCUT2D eigenvalue weighted by atomic mass is 35.5. The van der Waals surface area contributed by atoms with Crippen LogP contribution in [0.3, 0.4) is 0 Å². The molecule has 0 bridgehead atoms. The number of hydroxylamine groups is 1. The third kappa shape index (κ3) is 1.42. The lowest BCUT2D eigenvalue weighted by Crippen LogP contribution is -3.03. The molecule has 1 aliphatic rings. The molecule has 5 heteroatoms. The SMILES string of the molecule is CC1c2c(CCl)ncn2-c2ccccc2[NH+]1[O-]. The van der Waals surface area contributed by atoms with Crippen molar-refractivity contribution in [2.24, 2.45) is 0 Å². The number of hydrogen-bond acceptors (Lipinski definition) is 2. The molecule has 4 nitrogen and oxygen atoms in total. The van der Waals surface area contributed by atoms with Gasteiger partial charge in [0, 0.05) is 6.07 Å². The summed E-state index contributed by atoms with van der Waals surface area (Å²) in [5.41, 5.74) is 3.37. The minimum Gasteiger partial charge on any atom is -0.628 e. The number of quaternary nitrogens is 1. The second kappa shape index (κ2) is 3.84. The van der Waals surface area contributed by atoms with Crippen LogP contribution >= 0.6 is 11.6 Å². The van der Waals surface area contributed by atoms with Gasteiger partial charge in [-0.2, -0.15) is 0 Å². The number of para-hydroxylation sites is 2. The molecule has 2 aromatic rings. The molecule has 2 atom stereocenters. The van der Waals surface area contributed by atoms with Crippen molar-refractivity contribution in [1.29, 1.82) is 0 Å². The molecular formula is C12H12ClN3O. The summed E-state index contributed by atoms with van der Waals surface area (Å²) in [5, 5.41) is 12.4. The van der Waals surface area contributed by atoms with Gasteiger partial charge in [-0.05, 0) is 13.0 Å². The van der Waals surface area contributed by atoms with Crippen LogP contribution in [0.1, 0.15) is 24.4 Å². The molecule has 2 unspecified atom stereocenters. The highest BCUT2D eigenvalue weighted by Crippen LogP contribution is 2.29. The van der Waals surface area contributed by atoms with Gasteiger partial charge >= 0.3 is 0 Å². The monoisotopic (exact) mass is 249 g/mol.